The highest BCUT2D eigenvalue weighted by molar-refractivity contribution is 5.64. The van der Waals surface area contributed by atoms with Gasteiger partial charge in [0.25, 0.3) is 0 Å². The number of aryl methyl sites for hydroxylation is 1. The Bertz CT molecular complexity index is 561. The zero-order chi connectivity index (χ0) is 14.5. The second kappa shape index (κ2) is 6.62. The summed E-state index contributed by atoms with van der Waals surface area (Å²) in [6, 6.07) is 11.9. The smallest absolute Gasteiger partial charge is 0.126 e. The molecule has 0 saturated carbocycles. The summed E-state index contributed by atoms with van der Waals surface area (Å²) in [6.07, 6.45) is 1.96. The fourth-order valence-corrected chi connectivity index (χ4v) is 2.15. The molecule has 0 aliphatic rings. The topological polar surface area (TPSA) is 12.0 Å². The molecule has 0 heterocycles. The summed E-state index contributed by atoms with van der Waals surface area (Å²) in [7, 11) is 1.94. The van der Waals surface area contributed by atoms with Crippen molar-refractivity contribution in [2.75, 3.05) is 7.05 Å². The lowest BCUT2D eigenvalue weighted by Crippen LogP contribution is -2.21. The highest BCUT2D eigenvalue weighted by Crippen LogP contribution is 2.23. The third kappa shape index (κ3) is 3.87. The van der Waals surface area contributed by atoms with E-state index in [1.54, 1.807) is 0 Å². The van der Waals surface area contributed by atoms with Crippen LogP contribution in [0.3, 0.4) is 0 Å². The monoisotopic (exact) mass is 275 g/mol. The molecule has 0 amide bonds. The van der Waals surface area contributed by atoms with E-state index in [-0.39, 0.29) is 0 Å². The highest BCUT2D eigenvalue weighted by Gasteiger charge is 2.05. The summed E-state index contributed by atoms with van der Waals surface area (Å²) in [5.41, 5.74) is 2.60. The van der Waals surface area contributed by atoms with Gasteiger partial charge < -0.3 is 5.32 Å². The van der Waals surface area contributed by atoms with Gasteiger partial charge in [-0.05, 0) is 55.6 Å². The number of hydrogen-bond donors (Lipinski definition) is 1. The van der Waals surface area contributed by atoms with Gasteiger partial charge in [0.05, 0.1) is 0 Å². The van der Waals surface area contributed by atoms with Crippen LogP contribution in [-0.2, 0) is 6.42 Å². The molecule has 20 heavy (non-hydrogen) atoms. The molecular formula is C17H19F2N. The van der Waals surface area contributed by atoms with Crippen LogP contribution >= 0.6 is 0 Å². The molecule has 1 unspecified atom stereocenters. The Morgan fingerprint density at radius 3 is 2.35 bits per heavy atom. The van der Waals surface area contributed by atoms with Crippen molar-refractivity contribution < 1.29 is 8.78 Å². The number of hydrogen-bond acceptors (Lipinski definition) is 1. The van der Waals surface area contributed by atoms with Gasteiger partial charge in [-0.15, -0.1) is 0 Å². The van der Waals surface area contributed by atoms with E-state index in [2.05, 4.69) is 12.2 Å². The summed E-state index contributed by atoms with van der Waals surface area (Å²) >= 11 is 0. The van der Waals surface area contributed by atoms with Gasteiger partial charge in [-0.25, -0.2) is 8.78 Å². The third-order valence-electron chi connectivity index (χ3n) is 3.48. The summed E-state index contributed by atoms with van der Waals surface area (Å²) in [5, 5.41) is 3.20. The largest absolute Gasteiger partial charge is 0.317 e. The molecule has 0 aliphatic heterocycles. The van der Waals surface area contributed by atoms with Gasteiger partial charge in [0.2, 0.25) is 0 Å². The van der Waals surface area contributed by atoms with Crippen molar-refractivity contribution in [2.45, 2.75) is 25.8 Å². The summed E-state index contributed by atoms with van der Waals surface area (Å²) in [5.74, 6) is -1.09. The van der Waals surface area contributed by atoms with Gasteiger partial charge in [0, 0.05) is 12.1 Å². The first-order valence-corrected chi connectivity index (χ1v) is 6.81. The van der Waals surface area contributed by atoms with Crippen LogP contribution in [0.15, 0.2) is 42.5 Å². The summed E-state index contributed by atoms with van der Waals surface area (Å²) < 4.78 is 26.5. The SMILES string of the molecule is CNC(C)CCc1cccc(-c2cc(F)cc(F)c2)c1. The standard InChI is InChI=1S/C17H19F2N/c1-12(20-2)6-7-13-4-3-5-14(8-13)15-9-16(18)11-17(19)10-15/h3-5,8-12,20H,6-7H2,1-2H3. The lowest BCUT2D eigenvalue weighted by atomic mass is 9.99. The van der Waals surface area contributed by atoms with E-state index in [1.807, 2.05) is 31.3 Å². The van der Waals surface area contributed by atoms with E-state index >= 15 is 0 Å². The van der Waals surface area contributed by atoms with E-state index in [0.717, 1.165) is 24.5 Å². The van der Waals surface area contributed by atoms with Gasteiger partial charge in [-0.1, -0.05) is 24.3 Å². The van der Waals surface area contributed by atoms with E-state index in [4.69, 9.17) is 0 Å². The summed E-state index contributed by atoms with van der Waals surface area (Å²) in [4.78, 5) is 0. The molecule has 1 nitrogen and oxygen atoms in total. The molecule has 0 fully saturated rings. The third-order valence-corrected chi connectivity index (χ3v) is 3.48. The number of benzene rings is 2. The molecule has 0 saturated heterocycles. The maximum atomic E-state index is 13.3. The van der Waals surface area contributed by atoms with Crippen LogP contribution in [-0.4, -0.2) is 13.1 Å². The Kier molecular flexibility index (Phi) is 4.85. The molecule has 1 N–H and O–H groups in total. The first kappa shape index (κ1) is 14.7. The van der Waals surface area contributed by atoms with Crippen molar-refractivity contribution in [3.05, 3.63) is 59.7 Å². The zero-order valence-corrected chi connectivity index (χ0v) is 11.8. The minimum Gasteiger partial charge on any atom is -0.317 e. The molecule has 1 atom stereocenters. The van der Waals surface area contributed by atoms with Crippen molar-refractivity contribution in [2.24, 2.45) is 0 Å². The highest BCUT2D eigenvalue weighted by atomic mass is 19.1. The van der Waals surface area contributed by atoms with Crippen LogP contribution in [0.5, 0.6) is 0 Å². The maximum absolute atomic E-state index is 13.3. The lowest BCUT2D eigenvalue weighted by Gasteiger charge is -2.10. The Labute approximate surface area is 118 Å². The first-order valence-electron chi connectivity index (χ1n) is 6.81. The van der Waals surface area contributed by atoms with E-state index in [0.29, 0.717) is 11.6 Å². The second-order valence-electron chi connectivity index (χ2n) is 5.09. The minimum atomic E-state index is -0.547. The molecule has 0 bridgehead atoms. The van der Waals surface area contributed by atoms with E-state index < -0.39 is 11.6 Å². The average Bonchev–Trinajstić information content (AvgIpc) is 2.44. The Morgan fingerprint density at radius 2 is 1.70 bits per heavy atom. The quantitative estimate of drug-likeness (QED) is 0.863. The Hall–Kier alpha value is -1.74. The number of halogens is 2. The molecule has 2 aromatic rings. The lowest BCUT2D eigenvalue weighted by molar-refractivity contribution is 0.565. The summed E-state index contributed by atoms with van der Waals surface area (Å²) in [6.45, 7) is 2.13. The van der Waals surface area contributed by atoms with E-state index in [9.17, 15) is 8.78 Å². The van der Waals surface area contributed by atoms with Crippen LogP contribution < -0.4 is 5.32 Å². The fraction of sp³-hybridized carbons (Fsp3) is 0.294. The Morgan fingerprint density at radius 1 is 1.00 bits per heavy atom. The predicted molar refractivity (Wildman–Crippen MR) is 78.6 cm³/mol. The van der Waals surface area contributed by atoms with Gasteiger partial charge in [0.15, 0.2) is 0 Å². The van der Waals surface area contributed by atoms with Crippen LogP contribution in [0.4, 0.5) is 8.78 Å². The van der Waals surface area contributed by atoms with Crippen LogP contribution in [0.2, 0.25) is 0 Å². The van der Waals surface area contributed by atoms with Crippen molar-refractivity contribution >= 4 is 0 Å². The van der Waals surface area contributed by atoms with Crippen molar-refractivity contribution in [1.29, 1.82) is 0 Å². The fourth-order valence-electron chi connectivity index (χ4n) is 2.15. The molecule has 0 radical (unpaired) electrons. The van der Waals surface area contributed by atoms with Gasteiger partial charge in [-0.3, -0.25) is 0 Å². The van der Waals surface area contributed by atoms with Gasteiger partial charge >= 0.3 is 0 Å². The normalized spacial score (nSPS) is 12.4. The number of nitrogens with one attached hydrogen (secondary N) is 1. The molecule has 0 aliphatic carbocycles. The average molecular weight is 275 g/mol. The molecule has 0 spiro atoms. The van der Waals surface area contributed by atoms with Crippen molar-refractivity contribution in [3.8, 4) is 11.1 Å². The molecule has 3 heteroatoms. The van der Waals surface area contributed by atoms with Crippen molar-refractivity contribution in [1.82, 2.24) is 5.32 Å². The minimum absolute atomic E-state index is 0.449. The predicted octanol–water partition coefficient (Wildman–Crippen LogP) is 4.17. The van der Waals surface area contributed by atoms with Crippen molar-refractivity contribution in [3.63, 3.8) is 0 Å². The van der Waals surface area contributed by atoms with Gasteiger partial charge in [0.1, 0.15) is 11.6 Å². The second-order valence-corrected chi connectivity index (χ2v) is 5.09. The van der Waals surface area contributed by atoms with Crippen LogP contribution in [0.25, 0.3) is 11.1 Å². The van der Waals surface area contributed by atoms with Gasteiger partial charge in [-0.2, -0.15) is 0 Å². The van der Waals surface area contributed by atoms with E-state index in [1.165, 1.54) is 17.7 Å². The molecule has 2 rings (SSSR count). The molecule has 106 valence electrons. The maximum Gasteiger partial charge on any atom is 0.126 e. The zero-order valence-electron chi connectivity index (χ0n) is 11.8. The molecular weight excluding hydrogens is 256 g/mol. The first-order chi connectivity index (χ1) is 9.58. The molecule has 2 aromatic carbocycles. The number of rotatable bonds is 5. The van der Waals surface area contributed by atoms with Crippen LogP contribution in [0.1, 0.15) is 18.9 Å². The van der Waals surface area contributed by atoms with Crippen LogP contribution in [0, 0.1) is 11.6 Å². The Balaban J connectivity index is 2.20. The molecule has 0 aromatic heterocycles.